The molecule has 0 radical (unpaired) electrons. The molecule has 112 valence electrons. The third kappa shape index (κ3) is 2.85. The number of nitrogens with zero attached hydrogens (tertiary/aromatic N) is 4. The van der Waals surface area contributed by atoms with Crippen LogP contribution in [0.3, 0.4) is 0 Å². The van der Waals surface area contributed by atoms with E-state index >= 15 is 0 Å². The SMILES string of the molecule is Oc1ccc(CN2CCn3c(nnc3C(F)(F)F)C2)cc1. The summed E-state index contributed by atoms with van der Waals surface area (Å²) in [6.07, 6.45) is -4.47. The molecule has 2 aromatic rings. The van der Waals surface area contributed by atoms with Crippen LogP contribution in [0.4, 0.5) is 13.2 Å². The summed E-state index contributed by atoms with van der Waals surface area (Å²) in [6, 6.07) is 6.75. The van der Waals surface area contributed by atoms with Crippen LogP contribution in [0.2, 0.25) is 0 Å². The molecule has 0 atom stereocenters. The average Bonchev–Trinajstić information content (AvgIpc) is 2.84. The van der Waals surface area contributed by atoms with Crippen LogP contribution in [-0.2, 0) is 25.8 Å². The van der Waals surface area contributed by atoms with Crippen molar-refractivity contribution in [3.63, 3.8) is 0 Å². The highest BCUT2D eigenvalue weighted by atomic mass is 19.4. The molecule has 0 aliphatic carbocycles. The Labute approximate surface area is 118 Å². The quantitative estimate of drug-likeness (QED) is 0.921. The molecule has 1 aromatic heterocycles. The Hall–Kier alpha value is -2.09. The largest absolute Gasteiger partial charge is 0.508 e. The molecule has 1 aliphatic heterocycles. The fourth-order valence-electron chi connectivity index (χ4n) is 2.41. The lowest BCUT2D eigenvalue weighted by Gasteiger charge is -2.27. The summed E-state index contributed by atoms with van der Waals surface area (Å²) in [5, 5.41) is 16.1. The van der Waals surface area contributed by atoms with Crippen LogP contribution >= 0.6 is 0 Å². The first kappa shape index (κ1) is 13.9. The van der Waals surface area contributed by atoms with E-state index in [-0.39, 0.29) is 12.3 Å². The predicted molar refractivity (Wildman–Crippen MR) is 67.2 cm³/mol. The van der Waals surface area contributed by atoms with Crippen molar-refractivity contribution in [2.24, 2.45) is 0 Å². The van der Waals surface area contributed by atoms with E-state index in [2.05, 4.69) is 10.2 Å². The predicted octanol–water partition coefficient (Wildman–Crippen LogP) is 2.02. The van der Waals surface area contributed by atoms with Gasteiger partial charge in [-0.3, -0.25) is 4.90 Å². The first-order valence-corrected chi connectivity index (χ1v) is 6.43. The Morgan fingerprint density at radius 3 is 2.48 bits per heavy atom. The Bertz CT molecular complexity index is 636. The maximum atomic E-state index is 12.7. The molecule has 1 aromatic carbocycles. The molecule has 0 bridgehead atoms. The maximum absolute atomic E-state index is 12.7. The van der Waals surface area contributed by atoms with E-state index in [9.17, 15) is 18.3 Å². The Balaban J connectivity index is 1.73. The smallest absolute Gasteiger partial charge is 0.451 e. The van der Waals surface area contributed by atoms with Crippen molar-refractivity contribution in [3.05, 3.63) is 41.5 Å². The van der Waals surface area contributed by atoms with E-state index in [4.69, 9.17) is 0 Å². The van der Waals surface area contributed by atoms with Gasteiger partial charge in [0.2, 0.25) is 5.82 Å². The zero-order chi connectivity index (χ0) is 15.0. The average molecular weight is 298 g/mol. The van der Waals surface area contributed by atoms with Crippen LogP contribution in [0.15, 0.2) is 24.3 Å². The molecule has 3 rings (SSSR count). The van der Waals surface area contributed by atoms with Gasteiger partial charge in [-0.05, 0) is 17.7 Å². The van der Waals surface area contributed by atoms with Crippen LogP contribution in [0, 0.1) is 0 Å². The highest BCUT2D eigenvalue weighted by molar-refractivity contribution is 5.25. The third-order valence-electron chi connectivity index (χ3n) is 3.43. The van der Waals surface area contributed by atoms with Crippen molar-refractivity contribution in [1.82, 2.24) is 19.7 Å². The molecule has 0 fully saturated rings. The molecule has 1 N–H and O–H groups in total. The number of rotatable bonds is 2. The van der Waals surface area contributed by atoms with E-state index in [1.165, 1.54) is 0 Å². The van der Waals surface area contributed by atoms with Gasteiger partial charge in [-0.1, -0.05) is 12.1 Å². The molecule has 0 unspecified atom stereocenters. The molecule has 5 nitrogen and oxygen atoms in total. The zero-order valence-corrected chi connectivity index (χ0v) is 11.0. The van der Waals surface area contributed by atoms with E-state index in [1.54, 1.807) is 24.3 Å². The van der Waals surface area contributed by atoms with Crippen LogP contribution in [0.25, 0.3) is 0 Å². The van der Waals surface area contributed by atoms with Crippen LogP contribution < -0.4 is 0 Å². The molecule has 0 saturated carbocycles. The molecule has 0 spiro atoms. The molecule has 1 aliphatic rings. The molecular formula is C13H13F3N4O. The van der Waals surface area contributed by atoms with Gasteiger partial charge in [-0.15, -0.1) is 10.2 Å². The molecule has 0 amide bonds. The van der Waals surface area contributed by atoms with E-state index in [0.29, 0.717) is 25.5 Å². The zero-order valence-electron chi connectivity index (χ0n) is 11.0. The minimum Gasteiger partial charge on any atom is -0.508 e. The lowest BCUT2D eigenvalue weighted by molar-refractivity contribution is -0.148. The first-order valence-electron chi connectivity index (χ1n) is 6.43. The summed E-state index contributed by atoms with van der Waals surface area (Å²) in [5.41, 5.74) is 0.983. The van der Waals surface area contributed by atoms with E-state index in [1.807, 2.05) is 4.90 Å². The summed E-state index contributed by atoms with van der Waals surface area (Å²) < 4.78 is 39.3. The standard InChI is InChI=1S/C13H13F3N4O/c14-13(15,16)12-18-17-11-8-19(5-6-20(11)12)7-9-1-3-10(21)4-2-9/h1-4,21H,5-8H2. The monoisotopic (exact) mass is 298 g/mol. The number of phenols is 1. The number of fused-ring (bicyclic) bond motifs is 1. The van der Waals surface area contributed by atoms with E-state index in [0.717, 1.165) is 10.1 Å². The van der Waals surface area contributed by atoms with Gasteiger partial charge in [0.25, 0.3) is 0 Å². The second-order valence-corrected chi connectivity index (χ2v) is 4.97. The number of aromatic hydroxyl groups is 1. The number of hydrogen-bond donors (Lipinski definition) is 1. The van der Waals surface area contributed by atoms with Crippen LogP contribution in [-0.4, -0.2) is 31.3 Å². The number of halogens is 3. The normalized spacial score (nSPS) is 16.0. The minimum atomic E-state index is -4.47. The van der Waals surface area contributed by atoms with Gasteiger partial charge in [0, 0.05) is 19.6 Å². The van der Waals surface area contributed by atoms with Gasteiger partial charge < -0.3 is 9.67 Å². The van der Waals surface area contributed by atoms with Crippen molar-refractivity contribution in [2.75, 3.05) is 6.54 Å². The summed E-state index contributed by atoms with van der Waals surface area (Å²) in [5.74, 6) is -0.416. The molecule has 21 heavy (non-hydrogen) atoms. The summed E-state index contributed by atoms with van der Waals surface area (Å²) in [7, 11) is 0. The van der Waals surface area contributed by atoms with Gasteiger partial charge in [-0.2, -0.15) is 13.2 Å². The van der Waals surface area contributed by atoms with Gasteiger partial charge in [-0.25, -0.2) is 0 Å². The van der Waals surface area contributed by atoms with Gasteiger partial charge in [0.1, 0.15) is 11.6 Å². The molecule has 8 heteroatoms. The van der Waals surface area contributed by atoms with Crippen molar-refractivity contribution >= 4 is 0 Å². The Morgan fingerprint density at radius 2 is 1.81 bits per heavy atom. The van der Waals surface area contributed by atoms with Gasteiger partial charge in [0.05, 0.1) is 6.54 Å². The van der Waals surface area contributed by atoms with Crippen molar-refractivity contribution < 1.29 is 18.3 Å². The summed E-state index contributed by atoms with van der Waals surface area (Å²) in [6.45, 7) is 1.63. The highest BCUT2D eigenvalue weighted by Crippen LogP contribution is 2.29. The Morgan fingerprint density at radius 1 is 1.10 bits per heavy atom. The number of hydrogen-bond acceptors (Lipinski definition) is 4. The van der Waals surface area contributed by atoms with Crippen molar-refractivity contribution in [3.8, 4) is 5.75 Å². The van der Waals surface area contributed by atoms with Crippen molar-refractivity contribution in [2.45, 2.75) is 25.8 Å². The second kappa shape index (κ2) is 5.03. The van der Waals surface area contributed by atoms with Crippen LogP contribution in [0.5, 0.6) is 5.75 Å². The molecule has 2 heterocycles. The van der Waals surface area contributed by atoms with Gasteiger partial charge >= 0.3 is 6.18 Å². The fraction of sp³-hybridized carbons (Fsp3) is 0.385. The fourth-order valence-corrected chi connectivity index (χ4v) is 2.41. The minimum absolute atomic E-state index is 0.187. The highest BCUT2D eigenvalue weighted by Gasteiger charge is 2.39. The number of phenolic OH excluding ortho intramolecular Hbond substituents is 1. The third-order valence-corrected chi connectivity index (χ3v) is 3.43. The number of aromatic nitrogens is 3. The topological polar surface area (TPSA) is 54.2 Å². The van der Waals surface area contributed by atoms with Crippen molar-refractivity contribution in [1.29, 1.82) is 0 Å². The molecular weight excluding hydrogens is 285 g/mol. The number of alkyl halides is 3. The summed E-state index contributed by atoms with van der Waals surface area (Å²) in [4.78, 5) is 2.00. The summed E-state index contributed by atoms with van der Waals surface area (Å²) >= 11 is 0. The van der Waals surface area contributed by atoms with E-state index < -0.39 is 12.0 Å². The van der Waals surface area contributed by atoms with Gasteiger partial charge in [0.15, 0.2) is 0 Å². The first-order chi connectivity index (χ1) is 9.93. The second-order valence-electron chi connectivity index (χ2n) is 4.97. The Kier molecular flexibility index (Phi) is 3.32. The van der Waals surface area contributed by atoms with Crippen LogP contribution in [0.1, 0.15) is 17.2 Å². The lowest BCUT2D eigenvalue weighted by Crippen LogP contribution is -2.34. The molecule has 0 saturated heterocycles. The number of benzene rings is 1. The lowest BCUT2D eigenvalue weighted by atomic mass is 10.2. The maximum Gasteiger partial charge on any atom is 0.451 e.